The summed E-state index contributed by atoms with van der Waals surface area (Å²) in [6.07, 6.45) is -4.29. The van der Waals surface area contributed by atoms with Crippen LogP contribution in [0.3, 0.4) is 0 Å². The van der Waals surface area contributed by atoms with Crippen LogP contribution >= 0.6 is 0 Å². The van der Waals surface area contributed by atoms with E-state index in [9.17, 15) is 31.2 Å². The van der Waals surface area contributed by atoms with Gasteiger partial charge in [-0.15, -0.1) is 0 Å². The Balaban J connectivity index is 1.42. The molecule has 0 aromatic heterocycles. The molecule has 12 heteroatoms. The molecule has 0 saturated carbocycles. The number of halogens is 3. The molecular formula is C22H24F3N3O5S. The maximum Gasteiger partial charge on any atom is 0.416 e. The summed E-state index contributed by atoms with van der Waals surface area (Å²) >= 11 is 0. The molecule has 1 aliphatic heterocycles. The second-order valence-electron chi connectivity index (χ2n) is 7.63. The van der Waals surface area contributed by atoms with Gasteiger partial charge in [0.2, 0.25) is 21.8 Å². The van der Waals surface area contributed by atoms with Crippen molar-refractivity contribution in [3.05, 3.63) is 65.2 Å². The van der Waals surface area contributed by atoms with Gasteiger partial charge in [0.15, 0.2) is 0 Å². The van der Waals surface area contributed by atoms with Crippen LogP contribution in [0.15, 0.2) is 53.4 Å². The van der Waals surface area contributed by atoms with Crippen molar-refractivity contribution >= 4 is 21.8 Å². The maximum absolute atomic E-state index is 12.6. The van der Waals surface area contributed by atoms with Gasteiger partial charge in [-0.2, -0.15) is 17.5 Å². The molecule has 0 unspecified atom stereocenters. The zero-order valence-electron chi connectivity index (χ0n) is 18.1. The Labute approximate surface area is 195 Å². The van der Waals surface area contributed by atoms with Gasteiger partial charge in [0, 0.05) is 19.5 Å². The number of hydrazine groups is 1. The summed E-state index contributed by atoms with van der Waals surface area (Å²) in [4.78, 5) is 24.1. The van der Waals surface area contributed by atoms with E-state index in [2.05, 4.69) is 10.9 Å². The number of benzene rings is 2. The van der Waals surface area contributed by atoms with Crippen LogP contribution in [0.5, 0.6) is 0 Å². The van der Waals surface area contributed by atoms with E-state index < -0.39 is 33.6 Å². The zero-order chi connectivity index (χ0) is 24.8. The molecule has 2 N–H and O–H groups in total. The van der Waals surface area contributed by atoms with Crippen LogP contribution in [0, 0.1) is 0 Å². The van der Waals surface area contributed by atoms with Crippen molar-refractivity contribution in [2.45, 2.75) is 30.3 Å². The molecule has 0 spiro atoms. The van der Waals surface area contributed by atoms with Crippen LogP contribution < -0.4 is 10.9 Å². The van der Waals surface area contributed by atoms with Gasteiger partial charge in [-0.25, -0.2) is 8.42 Å². The molecule has 2 aromatic carbocycles. The quantitative estimate of drug-likeness (QED) is 0.568. The molecule has 2 amide bonds. The number of nitrogens with one attached hydrogen (secondary N) is 2. The summed E-state index contributed by atoms with van der Waals surface area (Å²) in [6.45, 7) is 1.31. The smallest absolute Gasteiger partial charge is 0.379 e. The monoisotopic (exact) mass is 499 g/mol. The Kier molecular flexibility index (Phi) is 8.28. The number of carbonyl (C=O) groups excluding carboxylic acids is 2. The number of amides is 2. The molecule has 2 aromatic rings. The van der Waals surface area contributed by atoms with Crippen molar-refractivity contribution in [3.63, 3.8) is 0 Å². The van der Waals surface area contributed by atoms with Crippen molar-refractivity contribution < 1.29 is 35.9 Å². The summed E-state index contributed by atoms with van der Waals surface area (Å²) in [5, 5.41) is 0. The minimum Gasteiger partial charge on any atom is -0.379 e. The third kappa shape index (κ3) is 7.02. The van der Waals surface area contributed by atoms with E-state index in [4.69, 9.17) is 4.74 Å². The fourth-order valence-electron chi connectivity index (χ4n) is 3.27. The molecule has 184 valence electrons. The average Bonchev–Trinajstić information content (AvgIpc) is 2.82. The van der Waals surface area contributed by atoms with E-state index in [-0.39, 0.29) is 17.7 Å². The van der Waals surface area contributed by atoms with E-state index in [1.807, 2.05) is 0 Å². The molecule has 3 rings (SSSR count). The molecule has 34 heavy (non-hydrogen) atoms. The summed E-state index contributed by atoms with van der Waals surface area (Å²) < 4.78 is 69.5. The Morgan fingerprint density at radius 3 is 2.03 bits per heavy atom. The van der Waals surface area contributed by atoms with Gasteiger partial charge in [0.25, 0.3) is 0 Å². The number of hydrogen-bond donors (Lipinski definition) is 2. The molecule has 0 bridgehead atoms. The Morgan fingerprint density at radius 2 is 1.44 bits per heavy atom. The highest BCUT2D eigenvalue weighted by Crippen LogP contribution is 2.29. The van der Waals surface area contributed by atoms with Crippen LogP contribution in [0.2, 0.25) is 0 Å². The second kappa shape index (κ2) is 11.0. The number of aryl methyl sites for hydroxylation is 1. The number of hydrogen-bond acceptors (Lipinski definition) is 5. The summed E-state index contributed by atoms with van der Waals surface area (Å²) in [7, 11) is -3.59. The lowest BCUT2D eigenvalue weighted by Crippen LogP contribution is -2.42. The first-order chi connectivity index (χ1) is 16.1. The minimum absolute atomic E-state index is 0.0378. The SMILES string of the molecule is O=C(CCc1ccc(S(=O)(=O)N2CCOCC2)cc1)NNC(=O)Cc1ccc(C(F)(F)F)cc1. The van der Waals surface area contributed by atoms with Crippen molar-refractivity contribution in [3.8, 4) is 0 Å². The fraction of sp³-hybridized carbons (Fsp3) is 0.364. The predicted octanol–water partition coefficient (Wildman–Crippen LogP) is 2.05. The van der Waals surface area contributed by atoms with Gasteiger partial charge < -0.3 is 4.74 Å². The molecule has 0 radical (unpaired) electrons. The van der Waals surface area contributed by atoms with Crippen LogP contribution in [0.25, 0.3) is 0 Å². The fourth-order valence-corrected chi connectivity index (χ4v) is 4.67. The van der Waals surface area contributed by atoms with E-state index in [0.717, 1.165) is 17.7 Å². The third-order valence-corrected chi connectivity index (χ3v) is 7.07. The lowest BCUT2D eigenvalue weighted by Gasteiger charge is -2.26. The highest BCUT2D eigenvalue weighted by Gasteiger charge is 2.30. The predicted molar refractivity (Wildman–Crippen MR) is 116 cm³/mol. The average molecular weight is 500 g/mol. The summed E-state index contributed by atoms with van der Waals surface area (Å²) in [6, 6.07) is 10.4. The van der Waals surface area contributed by atoms with E-state index >= 15 is 0 Å². The minimum atomic E-state index is -4.45. The van der Waals surface area contributed by atoms with Crippen LogP contribution in [-0.2, 0) is 43.4 Å². The molecule has 1 aliphatic rings. The lowest BCUT2D eigenvalue weighted by atomic mass is 10.1. The van der Waals surface area contributed by atoms with Crippen LogP contribution in [0.1, 0.15) is 23.1 Å². The number of nitrogens with zero attached hydrogens (tertiary/aromatic N) is 1. The molecule has 0 aliphatic carbocycles. The standard InChI is InChI=1S/C22H24F3N3O5S/c23-22(24,25)18-6-1-17(2-7-18)15-21(30)27-26-20(29)10-5-16-3-8-19(9-4-16)34(31,32)28-11-13-33-14-12-28/h1-4,6-9H,5,10-15H2,(H,26,29)(H,27,30). The van der Waals surface area contributed by atoms with Crippen molar-refractivity contribution in [2.24, 2.45) is 0 Å². The van der Waals surface area contributed by atoms with E-state index in [1.54, 1.807) is 12.1 Å². The molecule has 1 fully saturated rings. The van der Waals surface area contributed by atoms with Crippen LogP contribution in [0.4, 0.5) is 13.2 Å². The topological polar surface area (TPSA) is 105 Å². The number of morpholine rings is 1. The number of carbonyl (C=O) groups is 2. The molecule has 1 saturated heterocycles. The molecule has 8 nitrogen and oxygen atoms in total. The van der Waals surface area contributed by atoms with Gasteiger partial charge in [0.1, 0.15) is 0 Å². The number of alkyl halides is 3. The first-order valence-electron chi connectivity index (χ1n) is 10.5. The van der Waals surface area contributed by atoms with Crippen LogP contribution in [-0.4, -0.2) is 50.8 Å². The van der Waals surface area contributed by atoms with Crippen molar-refractivity contribution in [1.82, 2.24) is 15.2 Å². The lowest BCUT2D eigenvalue weighted by molar-refractivity contribution is -0.137. The number of rotatable bonds is 7. The largest absolute Gasteiger partial charge is 0.416 e. The Bertz CT molecular complexity index is 1100. The van der Waals surface area contributed by atoms with Gasteiger partial charge in [0.05, 0.1) is 30.1 Å². The first-order valence-corrected chi connectivity index (χ1v) is 11.9. The maximum atomic E-state index is 12.6. The first kappa shape index (κ1) is 25.7. The van der Waals surface area contributed by atoms with E-state index in [1.165, 1.54) is 28.6 Å². The second-order valence-corrected chi connectivity index (χ2v) is 9.57. The normalized spacial score (nSPS) is 15.0. The van der Waals surface area contributed by atoms with Crippen molar-refractivity contribution in [2.75, 3.05) is 26.3 Å². The third-order valence-electron chi connectivity index (χ3n) is 5.16. The molecule has 0 atom stereocenters. The zero-order valence-corrected chi connectivity index (χ0v) is 18.9. The summed E-state index contributed by atoms with van der Waals surface area (Å²) in [5.74, 6) is -1.04. The number of sulfonamides is 1. The van der Waals surface area contributed by atoms with Gasteiger partial charge in [-0.3, -0.25) is 20.4 Å². The highest BCUT2D eigenvalue weighted by atomic mass is 32.2. The Hall–Kier alpha value is -2.96. The molecular weight excluding hydrogens is 475 g/mol. The van der Waals surface area contributed by atoms with E-state index in [0.29, 0.717) is 38.3 Å². The summed E-state index contributed by atoms with van der Waals surface area (Å²) in [5.41, 5.74) is 4.78. The number of ether oxygens (including phenoxy) is 1. The van der Waals surface area contributed by atoms with Gasteiger partial charge in [-0.1, -0.05) is 24.3 Å². The molecule has 1 heterocycles. The highest BCUT2D eigenvalue weighted by molar-refractivity contribution is 7.89. The van der Waals surface area contributed by atoms with Crippen molar-refractivity contribution in [1.29, 1.82) is 0 Å². The Morgan fingerprint density at radius 1 is 0.882 bits per heavy atom. The van der Waals surface area contributed by atoms with Gasteiger partial charge in [-0.05, 0) is 41.8 Å². The van der Waals surface area contributed by atoms with Gasteiger partial charge >= 0.3 is 6.18 Å².